The SMILES string of the molecule is C=C(C)C(=O)N(OCC)OCC. The van der Waals surface area contributed by atoms with Crippen molar-refractivity contribution in [2.24, 2.45) is 0 Å². The van der Waals surface area contributed by atoms with Crippen molar-refractivity contribution in [3.63, 3.8) is 0 Å². The van der Waals surface area contributed by atoms with Gasteiger partial charge in [-0.3, -0.25) is 4.79 Å². The van der Waals surface area contributed by atoms with Crippen LogP contribution < -0.4 is 0 Å². The van der Waals surface area contributed by atoms with E-state index in [4.69, 9.17) is 9.68 Å². The van der Waals surface area contributed by atoms with Crippen LogP contribution in [0.25, 0.3) is 0 Å². The third-order valence-electron chi connectivity index (χ3n) is 1.02. The van der Waals surface area contributed by atoms with Crippen LogP contribution in [0.15, 0.2) is 12.2 Å². The highest BCUT2D eigenvalue weighted by molar-refractivity contribution is 5.90. The summed E-state index contributed by atoms with van der Waals surface area (Å²) in [5, 5.41) is 0.863. The van der Waals surface area contributed by atoms with Crippen molar-refractivity contribution < 1.29 is 14.5 Å². The molecule has 12 heavy (non-hydrogen) atoms. The van der Waals surface area contributed by atoms with E-state index in [1.54, 1.807) is 20.8 Å². The highest BCUT2D eigenvalue weighted by Crippen LogP contribution is 2.00. The Morgan fingerprint density at radius 3 is 2.00 bits per heavy atom. The summed E-state index contributed by atoms with van der Waals surface area (Å²) in [5.41, 5.74) is 0.386. The molecule has 0 saturated heterocycles. The predicted octanol–water partition coefficient (Wildman–Crippen LogP) is 1.29. The Morgan fingerprint density at radius 1 is 1.33 bits per heavy atom. The van der Waals surface area contributed by atoms with Crippen LogP contribution in [0, 0.1) is 0 Å². The summed E-state index contributed by atoms with van der Waals surface area (Å²) in [5.74, 6) is -0.348. The molecule has 0 spiro atoms. The first-order chi connectivity index (χ1) is 5.63. The molecule has 0 atom stereocenters. The molecule has 0 fully saturated rings. The first-order valence-corrected chi connectivity index (χ1v) is 3.89. The van der Waals surface area contributed by atoms with Crippen LogP contribution in [0.5, 0.6) is 0 Å². The zero-order valence-electron chi connectivity index (χ0n) is 7.79. The van der Waals surface area contributed by atoms with Crippen LogP contribution in [0.2, 0.25) is 0 Å². The van der Waals surface area contributed by atoms with Gasteiger partial charge in [-0.25, -0.2) is 9.68 Å². The lowest BCUT2D eigenvalue weighted by Crippen LogP contribution is -2.31. The second kappa shape index (κ2) is 5.74. The third kappa shape index (κ3) is 3.50. The molecular weight excluding hydrogens is 158 g/mol. The average Bonchev–Trinajstić information content (AvgIpc) is 2.03. The smallest absolute Gasteiger partial charge is 0.265 e. The summed E-state index contributed by atoms with van der Waals surface area (Å²) in [6.07, 6.45) is 0. The lowest BCUT2D eigenvalue weighted by Gasteiger charge is -2.18. The van der Waals surface area contributed by atoms with Crippen molar-refractivity contribution in [3.8, 4) is 0 Å². The summed E-state index contributed by atoms with van der Waals surface area (Å²) >= 11 is 0. The van der Waals surface area contributed by atoms with E-state index in [2.05, 4.69) is 6.58 Å². The highest BCUT2D eigenvalue weighted by Gasteiger charge is 2.14. The van der Waals surface area contributed by atoms with Crippen molar-refractivity contribution in [1.82, 2.24) is 5.23 Å². The minimum absolute atomic E-state index is 0.348. The van der Waals surface area contributed by atoms with Gasteiger partial charge in [-0.1, -0.05) is 11.8 Å². The molecule has 1 amide bonds. The topological polar surface area (TPSA) is 38.8 Å². The van der Waals surface area contributed by atoms with E-state index in [9.17, 15) is 4.79 Å². The largest absolute Gasteiger partial charge is 0.299 e. The van der Waals surface area contributed by atoms with Crippen LogP contribution in [-0.4, -0.2) is 24.3 Å². The van der Waals surface area contributed by atoms with Gasteiger partial charge in [-0.2, -0.15) is 0 Å². The number of hydrogen-bond acceptors (Lipinski definition) is 3. The van der Waals surface area contributed by atoms with E-state index in [0.717, 1.165) is 5.23 Å². The highest BCUT2D eigenvalue weighted by atomic mass is 17.0. The second-order valence-corrected chi connectivity index (χ2v) is 2.18. The second-order valence-electron chi connectivity index (χ2n) is 2.18. The number of nitrogens with zero attached hydrogens (tertiary/aromatic N) is 1. The fraction of sp³-hybridized carbons (Fsp3) is 0.625. The molecular formula is C8H15NO3. The molecule has 0 aliphatic carbocycles. The third-order valence-corrected chi connectivity index (χ3v) is 1.02. The van der Waals surface area contributed by atoms with Crippen molar-refractivity contribution >= 4 is 5.91 Å². The average molecular weight is 173 g/mol. The Balaban J connectivity index is 4.08. The van der Waals surface area contributed by atoms with E-state index >= 15 is 0 Å². The molecule has 70 valence electrons. The van der Waals surface area contributed by atoms with Crippen molar-refractivity contribution in [2.75, 3.05) is 13.2 Å². The fourth-order valence-electron chi connectivity index (χ4n) is 0.545. The van der Waals surface area contributed by atoms with Gasteiger partial charge in [0.1, 0.15) is 0 Å². The fourth-order valence-corrected chi connectivity index (χ4v) is 0.545. The standard InChI is InChI=1S/C8H15NO3/c1-5-11-9(12-6-2)8(10)7(3)4/h3,5-6H2,1-2,4H3. The number of carbonyl (C=O) groups excluding carboxylic acids is 1. The maximum atomic E-state index is 11.2. The predicted molar refractivity (Wildman–Crippen MR) is 44.9 cm³/mol. The summed E-state index contributed by atoms with van der Waals surface area (Å²) in [6, 6.07) is 0. The lowest BCUT2D eigenvalue weighted by molar-refractivity contribution is -0.335. The molecule has 0 aromatic carbocycles. The lowest BCUT2D eigenvalue weighted by atomic mass is 10.3. The Morgan fingerprint density at radius 2 is 1.75 bits per heavy atom. The van der Waals surface area contributed by atoms with Crippen LogP contribution >= 0.6 is 0 Å². The van der Waals surface area contributed by atoms with Gasteiger partial charge in [-0.15, -0.1) is 0 Å². The van der Waals surface area contributed by atoms with Crippen LogP contribution in [0.4, 0.5) is 0 Å². The molecule has 0 saturated carbocycles. The summed E-state index contributed by atoms with van der Waals surface area (Å²) in [4.78, 5) is 21.0. The quantitative estimate of drug-likeness (QED) is 0.464. The summed E-state index contributed by atoms with van der Waals surface area (Å²) in [6.45, 7) is 9.42. The molecule has 0 rings (SSSR count). The minimum atomic E-state index is -0.348. The van der Waals surface area contributed by atoms with Crippen LogP contribution in [0.1, 0.15) is 20.8 Å². The van der Waals surface area contributed by atoms with Gasteiger partial charge in [0.15, 0.2) is 0 Å². The van der Waals surface area contributed by atoms with Gasteiger partial charge < -0.3 is 0 Å². The molecule has 4 heteroatoms. The van der Waals surface area contributed by atoms with Gasteiger partial charge in [0.2, 0.25) is 0 Å². The number of rotatable bonds is 5. The van der Waals surface area contributed by atoms with Crippen molar-refractivity contribution in [2.45, 2.75) is 20.8 Å². The van der Waals surface area contributed by atoms with Gasteiger partial charge in [0.05, 0.1) is 13.2 Å². The van der Waals surface area contributed by atoms with E-state index in [0.29, 0.717) is 18.8 Å². The molecule has 0 aromatic heterocycles. The molecule has 0 N–H and O–H groups in total. The van der Waals surface area contributed by atoms with E-state index in [1.165, 1.54) is 0 Å². The normalized spacial score (nSPS) is 9.58. The Bertz CT molecular complexity index is 162. The van der Waals surface area contributed by atoms with Crippen molar-refractivity contribution in [3.05, 3.63) is 12.2 Å². The number of hydrogen-bond donors (Lipinski definition) is 0. The zero-order chi connectivity index (χ0) is 9.56. The van der Waals surface area contributed by atoms with Gasteiger partial charge in [-0.05, 0) is 20.8 Å². The molecule has 0 radical (unpaired) electrons. The van der Waals surface area contributed by atoms with Gasteiger partial charge >= 0.3 is 0 Å². The molecule has 0 unspecified atom stereocenters. The van der Waals surface area contributed by atoms with Crippen LogP contribution in [0.3, 0.4) is 0 Å². The Kier molecular flexibility index (Phi) is 5.32. The van der Waals surface area contributed by atoms with E-state index in [1.807, 2.05) is 0 Å². The Labute approximate surface area is 72.7 Å². The summed E-state index contributed by atoms with van der Waals surface area (Å²) in [7, 11) is 0. The summed E-state index contributed by atoms with van der Waals surface area (Å²) < 4.78 is 0. The zero-order valence-corrected chi connectivity index (χ0v) is 7.79. The van der Waals surface area contributed by atoms with E-state index in [-0.39, 0.29) is 5.91 Å². The molecule has 4 nitrogen and oxygen atoms in total. The first-order valence-electron chi connectivity index (χ1n) is 3.89. The van der Waals surface area contributed by atoms with Gasteiger partial charge in [0, 0.05) is 5.57 Å². The number of hydroxylamine groups is 2. The monoisotopic (exact) mass is 173 g/mol. The molecule has 0 aliphatic heterocycles. The maximum Gasteiger partial charge on any atom is 0.299 e. The molecule has 0 aliphatic rings. The number of amides is 1. The first kappa shape index (κ1) is 11.1. The van der Waals surface area contributed by atoms with Crippen molar-refractivity contribution in [1.29, 1.82) is 0 Å². The van der Waals surface area contributed by atoms with E-state index < -0.39 is 0 Å². The van der Waals surface area contributed by atoms with Gasteiger partial charge in [0.25, 0.3) is 5.91 Å². The molecule has 0 bridgehead atoms. The van der Waals surface area contributed by atoms with Crippen LogP contribution in [-0.2, 0) is 14.5 Å². The molecule has 0 heterocycles. The maximum absolute atomic E-state index is 11.2. The number of carbonyl (C=O) groups is 1. The Hall–Kier alpha value is -0.870. The minimum Gasteiger partial charge on any atom is -0.265 e. The molecule has 0 aromatic rings.